The number of hydrogen-bond acceptors (Lipinski definition) is 2. The topological polar surface area (TPSA) is 57.5 Å². The summed E-state index contributed by atoms with van der Waals surface area (Å²) in [6.07, 6.45) is 1.87. The van der Waals surface area contributed by atoms with Crippen molar-refractivity contribution >= 4 is 12.0 Å². The van der Waals surface area contributed by atoms with Gasteiger partial charge in [0, 0.05) is 18.4 Å². The van der Waals surface area contributed by atoms with Gasteiger partial charge in [0.15, 0.2) is 0 Å². The second-order valence-corrected chi connectivity index (χ2v) is 5.59. The summed E-state index contributed by atoms with van der Waals surface area (Å²) in [7, 11) is 0. The van der Waals surface area contributed by atoms with Gasteiger partial charge in [0.25, 0.3) is 5.97 Å². The van der Waals surface area contributed by atoms with Crippen molar-refractivity contribution < 1.29 is 15.0 Å². The van der Waals surface area contributed by atoms with E-state index in [0.717, 1.165) is 23.6 Å². The number of phenolic OH excluding ortho intramolecular Hbond substituents is 1. The lowest BCUT2D eigenvalue weighted by Crippen LogP contribution is -2.00. The molecule has 0 amide bonds. The molecule has 1 unspecified atom stereocenters. The van der Waals surface area contributed by atoms with Crippen LogP contribution in [0.15, 0.2) is 43.0 Å². The molecule has 0 fully saturated rings. The fraction of sp³-hybridized carbons (Fsp3) is 0.250. The Bertz CT molecular complexity index is 698. The normalized spacial score (nSPS) is 11.1. The number of carboxylic acids is 1. The van der Waals surface area contributed by atoms with Crippen molar-refractivity contribution in [3.05, 3.63) is 70.8 Å². The van der Waals surface area contributed by atoms with E-state index in [1.54, 1.807) is 0 Å². The molecule has 0 bridgehead atoms. The molecule has 0 heterocycles. The summed E-state index contributed by atoms with van der Waals surface area (Å²) in [4.78, 5) is 9.00. The van der Waals surface area contributed by atoms with E-state index in [4.69, 9.17) is 9.90 Å². The van der Waals surface area contributed by atoms with Crippen LogP contribution in [0, 0.1) is 13.8 Å². The number of phenols is 1. The maximum Gasteiger partial charge on any atom is 0.300 e. The molecule has 2 aromatic rings. The van der Waals surface area contributed by atoms with E-state index >= 15 is 0 Å². The van der Waals surface area contributed by atoms with Gasteiger partial charge in [-0.3, -0.25) is 4.79 Å². The fourth-order valence-electron chi connectivity index (χ4n) is 2.58. The van der Waals surface area contributed by atoms with Gasteiger partial charge in [-0.05, 0) is 30.5 Å². The van der Waals surface area contributed by atoms with E-state index in [1.807, 2.05) is 31.2 Å². The summed E-state index contributed by atoms with van der Waals surface area (Å²) in [5.41, 5.74) is 5.39. The molecule has 0 saturated heterocycles. The van der Waals surface area contributed by atoms with Gasteiger partial charge in [-0.2, -0.15) is 0 Å². The minimum Gasteiger partial charge on any atom is -0.507 e. The highest BCUT2D eigenvalue weighted by molar-refractivity contribution is 5.63. The number of aromatic hydroxyl groups is 1. The number of benzene rings is 2. The van der Waals surface area contributed by atoms with Crippen molar-refractivity contribution in [3.8, 4) is 5.75 Å². The lowest BCUT2D eigenvalue weighted by Gasteiger charge is -2.18. The monoisotopic (exact) mass is 312 g/mol. The first-order chi connectivity index (χ1) is 10.8. The molecule has 0 spiro atoms. The Hall–Kier alpha value is -2.55. The van der Waals surface area contributed by atoms with Crippen molar-refractivity contribution in [2.75, 3.05) is 0 Å². The second-order valence-electron chi connectivity index (χ2n) is 5.59. The Morgan fingerprint density at radius 2 is 1.74 bits per heavy atom. The number of hydrogen-bond donors (Lipinski definition) is 2. The lowest BCUT2D eigenvalue weighted by molar-refractivity contribution is -0.134. The quantitative estimate of drug-likeness (QED) is 0.848. The van der Waals surface area contributed by atoms with Crippen LogP contribution in [0.4, 0.5) is 0 Å². The van der Waals surface area contributed by atoms with E-state index in [9.17, 15) is 5.11 Å². The van der Waals surface area contributed by atoms with Gasteiger partial charge < -0.3 is 10.2 Å². The van der Waals surface area contributed by atoms with Crippen LogP contribution in [-0.4, -0.2) is 16.2 Å². The summed E-state index contributed by atoms with van der Waals surface area (Å²) in [6.45, 7) is 11.1. The van der Waals surface area contributed by atoms with Crippen molar-refractivity contribution in [2.45, 2.75) is 33.6 Å². The number of aryl methyl sites for hydroxylation is 2. The molecule has 2 rings (SSSR count). The van der Waals surface area contributed by atoms with E-state index in [0.29, 0.717) is 5.75 Å². The van der Waals surface area contributed by atoms with Crippen LogP contribution < -0.4 is 0 Å². The Balaban J connectivity index is 0.000000593. The molecule has 2 N–H and O–H groups in total. The SMILES string of the molecule is C=Cc1ccccc1C(C)c1cc(C)cc(C)c1O.CC(=O)O. The predicted octanol–water partition coefficient (Wildman–Crippen LogP) is 4.89. The van der Waals surface area contributed by atoms with Crippen LogP contribution in [0.5, 0.6) is 5.75 Å². The summed E-state index contributed by atoms with van der Waals surface area (Å²) in [5.74, 6) is -0.287. The Morgan fingerprint density at radius 3 is 2.30 bits per heavy atom. The minimum atomic E-state index is -0.833. The maximum atomic E-state index is 10.3. The highest BCUT2D eigenvalue weighted by atomic mass is 16.4. The van der Waals surface area contributed by atoms with Gasteiger partial charge in [-0.15, -0.1) is 0 Å². The fourth-order valence-corrected chi connectivity index (χ4v) is 2.58. The van der Waals surface area contributed by atoms with Crippen molar-refractivity contribution in [2.24, 2.45) is 0 Å². The van der Waals surface area contributed by atoms with Gasteiger partial charge in [-0.1, -0.05) is 61.5 Å². The first-order valence-electron chi connectivity index (χ1n) is 7.49. The Morgan fingerprint density at radius 1 is 1.17 bits per heavy atom. The van der Waals surface area contributed by atoms with Crippen LogP contribution in [0.1, 0.15) is 47.6 Å². The summed E-state index contributed by atoms with van der Waals surface area (Å²) < 4.78 is 0. The maximum absolute atomic E-state index is 10.3. The van der Waals surface area contributed by atoms with Crippen molar-refractivity contribution in [3.63, 3.8) is 0 Å². The molecule has 3 heteroatoms. The summed E-state index contributed by atoms with van der Waals surface area (Å²) in [5, 5.41) is 17.7. The van der Waals surface area contributed by atoms with Crippen molar-refractivity contribution in [1.82, 2.24) is 0 Å². The standard InChI is InChI=1S/C18H20O.C2H4O2/c1-5-15-8-6-7-9-16(15)14(4)17-11-12(2)10-13(3)18(17)19;1-2(3)4/h5-11,14,19H,1H2,2-4H3;1H3,(H,3,4). The van der Waals surface area contributed by atoms with Crippen LogP contribution in [0.25, 0.3) is 6.08 Å². The molecule has 3 nitrogen and oxygen atoms in total. The molecule has 0 aliphatic carbocycles. The zero-order valence-corrected chi connectivity index (χ0v) is 14.1. The molecule has 0 aromatic heterocycles. The predicted molar refractivity (Wildman–Crippen MR) is 94.9 cm³/mol. The smallest absolute Gasteiger partial charge is 0.300 e. The lowest BCUT2D eigenvalue weighted by atomic mass is 9.87. The van der Waals surface area contributed by atoms with E-state index < -0.39 is 5.97 Å². The van der Waals surface area contributed by atoms with Crippen LogP contribution >= 0.6 is 0 Å². The third-order valence-corrected chi connectivity index (χ3v) is 3.62. The highest BCUT2D eigenvalue weighted by Gasteiger charge is 2.16. The van der Waals surface area contributed by atoms with Crippen LogP contribution in [-0.2, 0) is 4.79 Å². The summed E-state index contributed by atoms with van der Waals surface area (Å²) >= 11 is 0. The molecule has 0 aliphatic heterocycles. The number of rotatable bonds is 3. The number of carboxylic acid groups (broad SMARTS) is 1. The zero-order valence-electron chi connectivity index (χ0n) is 14.1. The zero-order chi connectivity index (χ0) is 17.6. The van der Waals surface area contributed by atoms with Gasteiger partial charge in [0.1, 0.15) is 5.75 Å². The van der Waals surface area contributed by atoms with Crippen LogP contribution in [0.3, 0.4) is 0 Å². The average molecular weight is 312 g/mol. The molecular weight excluding hydrogens is 288 g/mol. The van der Waals surface area contributed by atoms with Gasteiger partial charge in [0.05, 0.1) is 0 Å². The molecule has 2 aromatic carbocycles. The van der Waals surface area contributed by atoms with Gasteiger partial charge in [-0.25, -0.2) is 0 Å². The van der Waals surface area contributed by atoms with E-state index in [1.165, 1.54) is 11.1 Å². The number of aliphatic carboxylic acids is 1. The minimum absolute atomic E-state index is 0.146. The first-order valence-corrected chi connectivity index (χ1v) is 7.49. The molecule has 23 heavy (non-hydrogen) atoms. The molecule has 0 aliphatic rings. The molecule has 0 radical (unpaired) electrons. The largest absolute Gasteiger partial charge is 0.507 e. The van der Waals surface area contributed by atoms with Crippen LogP contribution in [0.2, 0.25) is 0 Å². The van der Waals surface area contributed by atoms with Gasteiger partial charge in [0.2, 0.25) is 0 Å². The number of carbonyl (C=O) groups is 1. The Labute approximate surface area is 137 Å². The van der Waals surface area contributed by atoms with Gasteiger partial charge >= 0.3 is 0 Å². The summed E-state index contributed by atoms with van der Waals surface area (Å²) in [6, 6.07) is 12.3. The first kappa shape index (κ1) is 18.5. The molecular formula is C20H24O3. The van der Waals surface area contributed by atoms with E-state index in [2.05, 4.69) is 38.6 Å². The third kappa shape index (κ3) is 4.99. The molecule has 1 atom stereocenters. The third-order valence-electron chi connectivity index (χ3n) is 3.62. The Kier molecular flexibility index (Phi) is 6.58. The van der Waals surface area contributed by atoms with Crippen molar-refractivity contribution in [1.29, 1.82) is 0 Å². The second kappa shape index (κ2) is 8.18. The molecule has 122 valence electrons. The highest BCUT2D eigenvalue weighted by Crippen LogP contribution is 2.35. The average Bonchev–Trinajstić information content (AvgIpc) is 2.49. The molecule has 0 saturated carbocycles. The van der Waals surface area contributed by atoms with E-state index in [-0.39, 0.29) is 5.92 Å².